The molecular formula is C18H28N2O3. The van der Waals surface area contributed by atoms with E-state index >= 15 is 0 Å². The molecule has 23 heavy (non-hydrogen) atoms. The molecule has 1 aromatic carbocycles. The highest BCUT2D eigenvalue weighted by atomic mass is 16.5. The van der Waals surface area contributed by atoms with Crippen molar-refractivity contribution in [2.75, 3.05) is 18.9 Å². The monoisotopic (exact) mass is 320 g/mol. The first-order valence-corrected chi connectivity index (χ1v) is 8.28. The van der Waals surface area contributed by atoms with Gasteiger partial charge < -0.3 is 20.1 Å². The first-order valence-electron chi connectivity index (χ1n) is 8.28. The Kier molecular flexibility index (Phi) is 6.02. The number of anilines is 1. The summed E-state index contributed by atoms with van der Waals surface area (Å²) in [6, 6.07) is 5.61. The zero-order chi connectivity index (χ0) is 17.0. The van der Waals surface area contributed by atoms with Crippen LogP contribution >= 0.6 is 0 Å². The number of carbonyl (C=O) groups is 1. The summed E-state index contributed by atoms with van der Waals surface area (Å²) in [5, 5.41) is 12.9. The minimum absolute atomic E-state index is 0.169. The summed E-state index contributed by atoms with van der Waals surface area (Å²) in [7, 11) is 1.71. The van der Waals surface area contributed by atoms with Crippen LogP contribution < -0.4 is 5.32 Å². The van der Waals surface area contributed by atoms with Crippen molar-refractivity contribution in [1.29, 1.82) is 0 Å². The third kappa shape index (κ3) is 5.22. The van der Waals surface area contributed by atoms with E-state index in [1.807, 2.05) is 39.0 Å². The molecule has 0 radical (unpaired) electrons. The lowest BCUT2D eigenvalue weighted by atomic mass is 10.1. The van der Waals surface area contributed by atoms with Crippen LogP contribution in [0.3, 0.4) is 0 Å². The van der Waals surface area contributed by atoms with Gasteiger partial charge in [0.15, 0.2) is 0 Å². The summed E-state index contributed by atoms with van der Waals surface area (Å²) in [6.45, 7) is 6.88. The SMILES string of the molecule is Cc1c(COC(C)C)cccc1NC(=O)N(C)CC(O)C1CC1. The average Bonchev–Trinajstić information content (AvgIpc) is 3.32. The lowest BCUT2D eigenvalue weighted by Crippen LogP contribution is -2.38. The minimum atomic E-state index is -0.419. The quantitative estimate of drug-likeness (QED) is 0.811. The maximum absolute atomic E-state index is 12.3. The number of likely N-dealkylation sites (N-methyl/N-ethyl adjacent to an activating group) is 1. The molecule has 5 heteroatoms. The van der Waals surface area contributed by atoms with Gasteiger partial charge in [-0.2, -0.15) is 0 Å². The number of nitrogens with one attached hydrogen (secondary N) is 1. The predicted octanol–water partition coefficient (Wildman–Crippen LogP) is 3.15. The predicted molar refractivity (Wildman–Crippen MR) is 91.5 cm³/mol. The number of nitrogens with zero attached hydrogens (tertiary/aromatic N) is 1. The van der Waals surface area contributed by atoms with Crippen LogP contribution in [0.1, 0.15) is 37.8 Å². The zero-order valence-electron chi connectivity index (χ0n) is 14.5. The van der Waals surface area contributed by atoms with Crippen molar-refractivity contribution in [2.45, 2.75) is 52.4 Å². The molecule has 1 aliphatic rings. The van der Waals surface area contributed by atoms with Gasteiger partial charge in [0, 0.05) is 19.3 Å². The summed E-state index contributed by atoms with van der Waals surface area (Å²) in [5.74, 6) is 0.364. The molecular weight excluding hydrogens is 292 g/mol. The molecule has 0 aromatic heterocycles. The van der Waals surface area contributed by atoms with Crippen molar-refractivity contribution in [1.82, 2.24) is 4.90 Å². The molecule has 5 nitrogen and oxygen atoms in total. The molecule has 0 bridgehead atoms. The maximum Gasteiger partial charge on any atom is 0.321 e. The fourth-order valence-corrected chi connectivity index (χ4v) is 2.44. The van der Waals surface area contributed by atoms with Crippen molar-refractivity contribution in [3.8, 4) is 0 Å². The first kappa shape index (κ1) is 17.8. The smallest absolute Gasteiger partial charge is 0.321 e. The van der Waals surface area contributed by atoms with Crippen molar-refractivity contribution in [3.63, 3.8) is 0 Å². The third-order valence-electron chi connectivity index (χ3n) is 4.23. The number of hydrogen-bond acceptors (Lipinski definition) is 3. The van der Waals surface area contributed by atoms with Crippen LogP contribution in [-0.4, -0.2) is 41.8 Å². The molecule has 0 aliphatic heterocycles. The summed E-state index contributed by atoms with van der Waals surface area (Å²) in [4.78, 5) is 13.8. The molecule has 2 amide bonds. The molecule has 0 saturated heterocycles. The number of ether oxygens (including phenoxy) is 1. The minimum Gasteiger partial charge on any atom is -0.391 e. The van der Waals surface area contributed by atoms with Crippen LogP contribution in [0.25, 0.3) is 0 Å². The van der Waals surface area contributed by atoms with E-state index in [1.165, 1.54) is 0 Å². The Labute approximate surface area is 138 Å². The van der Waals surface area contributed by atoms with Gasteiger partial charge in [-0.25, -0.2) is 4.79 Å². The Morgan fingerprint density at radius 1 is 1.43 bits per heavy atom. The van der Waals surface area contributed by atoms with E-state index in [2.05, 4.69) is 5.32 Å². The van der Waals surface area contributed by atoms with Gasteiger partial charge in [0.2, 0.25) is 0 Å². The van der Waals surface area contributed by atoms with E-state index in [9.17, 15) is 9.90 Å². The van der Waals surface area contributed by atoms with Gasteiger partial charge in [-0.05, 0) is 56.7 Å². The number of amides is 2. The molecule has 0 spiro atoms. The Morgan fingerprint density at radius 2 is 2.13 bits per heavy atom. The Bertz CT molecular complexity index is 541. The van der Waals surface area contributed by atoms with Gasteiger partial charge in [0.25, 0.3) is 0 Å². The Hall–Kier alpha value is -1.59. The van der Waals surface area contributed by atoms with E-state index in [0.29, 0.717) is 19.1 Å². The molecule has 2 rings (SSSR count). The summed E-state index contributed by atoms with van der Waals surface area (Å²) in [5.41, 5.74) is 2.86. The molecule has 1 atom stereocenters. The molecule has 1 unspecified atom stereocenters. The van der Waals surface area contributed by atoms with Crippen LogP contribution in [0.5, 0.6) is 0 Å². The van der Waals surface area contributed by atoms with Crippen LogP contribution in [0.15, 0.2) is 18.2 Å². The second kappa shape index (κ2) is 7.79. The molecule has 1 fully saturated rings. The summed E-state index contributed by atoms with van der Waals surface area (Å²) in [6.07, 6.45) is 1.88. The van der Waals surface area contributed by atoms with E-state index < -0.39 is 6.10 Å². The van der Waals surface area contributed by atoms with E-state index in [0.717, 1.165) is 29.7 Å². The average molecular weight is 320 g/mol. The van der Waals surface area contributed by atoms with Crippen molar-refractivity contribution < 1.29 is 14.6 Å². The first-order chi connectivity index (χ1) is 10.9. The lowest BCUT2D eigenvalue weighted by molar-refractivity contribution is 0.0654. The number of aliphatic hydroxyl groups excluding tert-OH is 1. The normalized spacial score (nSPS) is 15.6. The van der Waals surface area contributed by atoms with Crippen LogP contribution in [-0.2, 0) is 11.3 Å². The Balaban J connectivity index is 1.95. The molecule has 1 aromatic rings. The fraction of sp³-hybridized carbons (Fsp3) is 0.611. The molecule has 128 valence electrons. The topological polar surface area (TPSA) is 61.8 Å². The summed E-state index contributed by atoms with van der Waals surface area (Å²) >= 11 is 0. The standard InChI is InChI=1S/C18H28N2O3/c1-12(2)23-11-15-6-5-7-16(13(15)3)19-18(22)20(4)10-17(21)14-8-9-14/h5-7,12,14,17,21H,8-11H2,1-4H3,(H,19,22). The highest BCUT2D eigenvalue weighted by molar-refractivity contribution is 5.90. The highest BCUT2D eigenvalue weighted by Gasteiger charge is 2.31. The highest BCUT2D eigenvalue weighted by Crippen LogP contribution is 2.32. The lowest BCUT2D eigenvalue weighted by Gasteiger charge is -2.22. The molecule has 1 aliphatic carbocycles. The number of aliphatic hydroxyl groups is 1. The molecule has 1 saturated carbocycles. The van der Waals surface area contributed by atoms with Crippen LogP contribution in [0, 0.1) is 12.8 Å². The number of carbonyl (C=O) groups excluding carboxylic acids is 1. The number of benzene rings is 1. The third-order valence-corrected chi connectivity index (χ3v) is 4.23. The van der Waals surface area contributed by atoms with Gasteiger partial charge in [0.05, 0.1) is 18.8 Å². The van der Waals surface area contributed by atoms with Crippen molar-refractivity contribution in [2.24, 2.45) is 5.92 Å². The van der Waals surface area contributed by atoms with Crippen LogP contribution in [0.2, 0.25) is 0 Å². The van der Waals surface area contributed by atoms with Crippen molar-refractivity contribution in [3.05, 3.63) is 29.3 Å². The van der Waals surface area contributed by atoms with E-state index in [-0.39, 0.29) is 12.1 Å². The fourth-order valence-electron chi connectivity index (χ4n) is 2.44. The number of urea groups is 1. The van der Waals surface area contributed by atoms with E-state index in [1.54, 1.807) is 11.9 Å². The van der Waals surface area contributed by atoms with Gasteiger partial charge in [-0.3, -0.25) is 0 Å². The zero-order valence-corrected chi connectivity index (χ0v) is 14.5. The van der Waals surface area contributed by atoms with Gasteiger partial charge in [-0.15, -0.1) is 0 Å². The van der Waals surface area contributed by atoms with E-state index in [4.69, 9.17) is 4.74 Å². The van der Waals surface area contributed by atoms with Gasteiger partial charge in [-0.1, -0.05) is 12.1 Å². The van der Waals surface area contributed by atoms with Gasteiger partial charge in [0.1, 0.15) is 0 Å². The number of hydrogen-bond donors (Lipinski definition) is 2. The number of rotatable bonds is 7. The Morgan fingerprint density at radius 3 is 2.74 bits per heavy atom. The molecule has 2 N–H and O–H groups in total. The summed E-state index contributed by atoms with van der Waals surface area (Å²) < 4.78 is 5.65. The maximum atomic E-state index is 12.3. The second-order valence-corrected chi connectivity index (χ2v) is 6.66. The van der Waals surface area contributed by atoms with Crippen LogP contribution in [0.4, 0.5) is 10.5 Å². The molecule has 0 heterocycles. The van der Waals surface area contributed by atoms with Gasteiger partial charge >= 0.3 is 6.03 Å². The second-order valence-electron chi connectivity index (χ2n) is 6.66. The van der Waals surface area contributed by atoms with Crippen molar-refractivity contribution >= 4 is 11.7 Å². The largest absolute Gasteiger partial charge is 0.391 e.